The minimum Gasteiger partial charge on any atom is -0.496 e. The monoisotopic (exact) mass is 201 g/mol. The number of benzene rings is 1. The summed E-state index contributed by atoms with van der Waals surface area (Å²) in [5.41, 5.74) is 5.56. The summed E-state index contributed by atoms with van der Waals surface area (Å²) in [6.07, 6.45) is 1.00. The van der Waals surface area contributed by atoms with Crippen LogP contribution in [-0.2, 0) is 6.42 Å². The van der Waals surface area contributed by atoms with Gasteiger partial charge in [-0.1, -0.05) is 0 Å². The van der Waals surface area contributed by atoms with Crippen LogP contribution in [0.5, 0.6) is 5.75 Å². The first-order valence-corrected chi connectivity index (χ1v) is 4.41. The summed E-state index contributed by atoms with van der Waals surface area (Å²) in [5.74, 6) is -1.31. The summed E-state index contributed by atoms with van der Waals surface area (Å²) in [5, 5.41) is 0. The van der Waals surface area contributed by atoms with Crippen molar-refractivity contribution in [2.24, 2.45) is 5.73 Å². The first-order chi connectivity index (χ1) is 6.70. The van der Waals surface area contributed by atoms with Gasteiger partial charge in [0, 0.05) is 5.56 Å². The third-order valence-corrected chi connectivity index (χ3v) is 2.00. The van der Waals surface area contributed by atoms with Crippen molar-refractivity contribution in [3.05, 3.63) is 29.3 Å². The van der Waals surface area contributed by atoms with Gasteiger partial charge < -0.3 is 10.5 Å². The number of rotatable bonds is 4. The minimum absolute atomic E-state index is 0.262. The molecule has 0 radical (unpaired) electrons. The molecule has 0 aliphatic heterocycles. The van der Waals surface area contributed by atoms with Crippen molar-refractivity contribution in [2.45, 2.75) is 12.8 Å². The molecule has 0 aliphatic rings. The molecule has 0 aromatic heterocycles. The van der Waals surface area contributed by atoms with Gasteiger partial charge in [-0.15, -0.1) is 0 Å². The van der Waals surface area contributed by atoms with Crippen molar-refractivity contribution in [3.63, 3.8) is 0 Å². The maximum Gasteiger partial charge on any atom is 0.165 e. The van der Waals surface area contributed by atoms with E-state index in [9.17, 15) is 8.78 Å². The Balaban J connectivity index is 3.01. The smallest absolute Gasteiger partial charge is 0.165 e. The second-order valence-electron chi connectivity index (χ2n) is 2.93. The number of ether oxygens (including phenoxy) is 1. The van der Waals surface area contributed by atoms with Crippen LogP contribution in [0.2, 0.25) is 0 Å². The van der Waals surface area contributed by atoms with Gasteiger partial charge in [-0.25, -0.2) is 8.78 Å². The van der Waals surface area contributed by atoms with Crippen LogP contribution < -0.4 is 10.5 Å². The molecule has 2 nitrogen and oxygen atoms in total. The fraction of sp³-hybridized carbons (Fsp3) is 0.400. The summed E-state index contributed by atoms with van der Waals surface area (Å²) in [7, 11) is 1.43. The standard InChI is InChI=1S/C10H13F2NO/c1-14-9-5-4-8(11)10(12)7(9)3-2-6-13/h4-5H,2-3,6,13H2,1H3. The van der Waals surface area contributed by atoms with Gasteiger partial charge >= 0.3 is 0 Å². The third-order valence-electron chi connectivity index (χ3n) is 2.00. The number of hydrogen-bond acceptors (Lipinski definition) is 2. The fourth-order valence-corrected chi connectivity index (χ4v) is 1.28. The average Bonchev–Trinajstić information content (AvgIpc) is 2.20. The molecule has 1 aromatic carbocycles. The van der Waals surface area contributed by atoms with E-state index in [-0.39, 0.29) is 5.56 Å². The zero-order chi connectivity index (χ0) is 10.6. The summed E-state index contributed by atoms with van der Waals surface area (Å²) in [6, 6.07) is 2.48. The van der Waals surface area contributed by atoms with Gasteiger partial charge in [-0.3, -0.25) is 0 Å². The normalized spacial score (nSPS) is 10.3. The van der Waals surface area contributed by atoms with Gasteiger partial charge in [-0.05, 0) is 31.5 Å². The molecule has 2 N–H and O–H groups in total. The first kappa shape index (κ1) is 10.9. The molecule has 0 unspecified atom stereocenters. The fourth-order valence-electron chi connectivity index (χ4n) is 1.28. The minimum atomic E-state index is -0.849. The van der Waals surface area contributed by atoms with Gasteiger partial charge in [0.25, 0.3) is 0 Å². The molecule has 1 rings (SSSR count). The van der Waals surface area contributed by atoms with Gasteiger partial charge in [0.2, 0.25) is 0 Å². The highest BCUT2D eigenvalue weighted by atomic mass is 19.2. The molecule has 0 fully saturated rings. The highest BCUT2D eigenvalue weighted by molar-refractivity contribution is 5.35. The van der Waals surface area contributed by atoms with Crippen LogP contribution in [0.25, 0.3) is 0 Å². The maximum absolute atomic E-state index is 13.3. The highest BCUT2D eigenvalue weighted by Crippen LogP contribution is 2.24. The lowest BCUT2D eigenvalue weighted by Crippen LogP contribution is -2.04. The van der Waals surface area contributed by atoms with E-state index in [2.05, 4.69) is 0 Å². The summed E-state index contributed by atoms with van der Waals surface area (Å²) in [4.78, 5) is 0. The van der Waals surface area contributed by atoms with Crippen LogP contribution in [0, 0.1) is 11.6 Å². The van der Waals surface area contributed by atoms with Gasteiger partial charge in [0.05, 0.1) is 7.11 Å². The summed E-state index contributed by atoms with van der Waals surface area (Å²) < 4.78 is 31.1. The zero-order valence-corrected chi connectivity index (χ0v) is 8.02. The van der Waals surface area contributed by atoms with Crippen molar-refractivity contribution in [3.8, 4) is 5.75 Å². The second-order valence-corrected chi connectivity index (χ2v) is 2.93. The van der Waals surface area contributed by atoms with Crippen LogP contribution in [0.15, 0.2) is 12.1 Å². The number of nitrogens with two attached hydrogens (primary N) is 1. The molecule has 0 spiro atoms. The van der Waals surface area contributed by atoms with Crippen LogP contribution in [0.3, 0.4) is 0 Å². The Hall–Kier alpha value is -1.16. The van der Waals surface area contributed by atoms with E-state index in [4.69, 9.17) is 10.5 Å². The van der Waals surface area contributed by atoms with E-state index >= 15 is 0 Å². The lowest BCUT2D eigenvalue weighted by molar-refractivity contribution is 0.397. The predicted molar refractivity (Wildman–Crippen MR) is 50.3 cm³/mol. The molecule has 1 aromatic rings. The predicted octanol–water partition coefficient (Wildman–Crippen LogP) is 1.86. The lowest BCUT2D eigenvalue weighted by atomic mass is 10.1. The highest BCUT2D eigenvalue weighted by Gasteiger charge is 2.13. The summed E-state index contributed by atoms with van der Waals surface area (Å²) in [6.45, 7) is 0.444. The SMILES string of the molecule is COc1ccc(F)c(F)c1CCCN. The molecular weight excluding hydrogens is 188 g/mol. The Morgan fingerprint density at radius 2 is 2.07 bits per heavy atom. The molecule has 0 saturated carbocycles. The molecule has 0 amide bonds. The van der Waals surface area contributed by atoms with Gasteiger partial charge in [0.15, 0.2) is 11.6 Å². The number of hydrogen-bond donors (Lipinski definition) is 1. The van der Waals surface area contributed by atoms with Crippen LogP contribution >= 0.6 is 0 Å². The van der Waals surface area contributed by atoms with E-state index in [0.29, 0.717) is 25.1 Å². The molecule has 14 heavy (non-hydrogen) atoms. The van der Waals surface area contributed by atoms with Crippen molar-refractivity contribution in [2.75, 3.05) is 13.7 Å². The number of halogens is 2. The van der Waals surface area contributed by atoms with Gasteiger partial charge in [-0.2, -0.15) is 0 Å². The van der Waals surface area contributed by atoms with E-state index in [1.807, 2.05) is 0 Å². The molecule has 0 bridgehead atoms. The number of methoxy groups -OCH3 is 1. The average molecular weight is 201 g/mol. The Morgan fingerprint density at radius 1 is 1.36 bits per heavy atom. The third kappa shape index (κ3) is 2.20. The molecule has 78 valence electrons. The molecule has 0 atom stereocenters. The van der Waals surface area contributed by atoms with Crippen molar-refractivity contribution in [1.29, 1.82) is 0 Å². The zero-order valence-electron chi connectivity index (χ0n) is 8.02. The molecule has 0 aliphatic carbocycles. The Labute approximate surface area is 81.7 Å². The largest absolute Gasteiger partial charge is 0.496 e. The molecule has 0 saturated heterocycles. The van der Waals surface area contributed by atoms with Crippen molar-refractivity contribution < 1.29 is 13.5 Å². The molecule has 4 heteroatoms. The van der Waals surface area contributed by atoms with Gasteiger partial charge in [0.1, 0.15) is 5.75 Å². The Bertz CT molecular complexity index is 315. The van der Waals surface area contributed by atoms with Crippen LogP contribution in [0.1, 0.15) is 12.0 Å². The molecule has 0 heterocycles. The first-order valence-electron chi connectivity index (χ1n) is 4.41. The van der Waals surface area contributed by atoms with E-state index in [1.54, 1.807) is 0 Å². The van der Waals surface area contributed by atoms with Crippen molar-refractivity contribution in [1.82, 2.24) is 0 Å². The van der Waals surface area contributed by atoms with E-state index < -0.39 is 11.6 Å². The van der Waals surface area contributed by atoms with Crippen LogP contribution in [0.4, 0.5) is 8.78 Å². The Kier molecular flexibility index (Phi) is 3.83. The van der Waals surface area contributed by atoms with Crippen molar-refractivity contribution >= 4 is 0 Å². The topological polar surface area (TPSA) is 35.2 Å². The van der Waals surface area contributed by atoms with E-state index in [1.165, 1.54) is 13.2 Å². The summed E-state index contributed by atoms with van der Waals surface area (Å²) >= 11 is 0. The Morgan fingerprint density at radius 3 is 2.64 bits per heavy atom. The van der Waals surface area contributed by atoms with Crippen LogP contribution in [-0.4, -0.2) is 13.7 Å². The molecular formula is C10H13F2NO. The van der Waals surface area contributed by atoms with E-state index in [0.717, 1.165) is 6.07 Å². The quantitative estimate of drug-likeness (QED) is 0.807. The second kappa shape index (κ2) is 4.91. The lowest BCUT2D eigenvalue weighted by Gasteiger charge is -2.09. The maximum atomic E-state index is 13.3.